The molecule has 0 amide bonds. The van der Waals surface area contributed by atoms with E-state index in [0.29, 0.717) is 6.04 Å². The first-order valence-electron chi connectivity index (χ1n) is 6.10. The molecule has 0 radical (unpaired) electrons. The van der Waals surface area contributed by atoms with Gasteiger partial charge < -0.3 is 15.0 Å². The van der Waals surface area contributed by atoms with Gasteiger partial charge in [0.2, 0.25) is 0 Å². The van der Waals surface area contributed by atoms with Crippen LogP contribution in [0.3, 0.4) is 0 Å². The first-order chi connectivity index (χ1) is 8.77. The summed E-state index contributed by atoms with van der Waals surface area (Å²) in [7, 11) is 0. The van der Waals surface area contributed by atoms with Gasteiger partial charge in [-0.3, -0.25) is 4.98 Å². The van der Waals surface area contributed by atoms with Crippen LogP contribution in [0.15, 0.2) is 31.0 Å². The van der Waals surface area contributed by atoms with Crippen LogP contribution in [-0.4, -0.2) is 27.2 Å². The standard InChI is InChI=1S/C13H16N4O/c1-9-12(3-5-18-9)17-8-16-7-13(17)10-6-15-4-2-11(10)14/h2,4,6-9,12H,3,5H2,1H3,(H2,14,15). The van der Waals surface area contributed by atoms with Gasteiger partial charge in [0, 0.05) is 30.3 Å². The summed E-state index contributed by atoms with van der Waals surface area (Å²) in [6.45, 7) is 2.89. The Balaban J connectivity index is 2.04. The molecule has 1 aliphatic rings. The third kappa shape index (κ3) is 1.76. The van der Waals surface area contributed by atoms with Crippen LogP contribution in [0.1, 0.15) is 19.4 Å². The molecule has 3 heterocycles. The normalized spacial score (nSPS) is 23.4. The molecule has 18 heavy (non-hydrogen) atoms. The van der Waals surface area contributed by atoms with Crippen molar-refractivity contribution >= 4 is 5.69 Å². The number of hydrogen-bond donors (Lipinski definition) is 1. The highest BCUT2D eigenvalue weighted by molar-refractivity contribution is 5.72. The lowest BCUT2D eigenvalue weighted by atomic mass is 10.1. The topological polar surface area (TPSA) is 66.0 Å². The number of pyridine rings is 1. The van der Waals surface area contributed by atoms with Crippen LogP contribution in [0.2, 0.25) is 0 Å². The van der Waals surface area contributed by atoms with Crippen molar-refractivity contribution in [1.82, 2.24) is 14.5 Å². The summed E-state index contributed by atoms with van der Waals surface area (Å²) in [5, 5.41) is 0. The van der Waals surface area contributed by atoms with E-state index in [4.69, 9.17) is 10.5 Å². The predicted molar refractivity (Wildman–Crippen MR) is 68.9 cm³/mol. The molecule has 3 rings (SSSR count). The molecule has 2 unspecified atom stereocenters. The maximum atomic E-state index is 6.00. The second kappa shape index (κ2) is 4.42. The zero-order chi connectivity index (χ0) is 12.5. The van der Waals surface area contributed by atoms with Gasteiger partial charge in [0.15, 0.2) is 0 Å². The van der Waals surface area contributed by atoms with Crippen molar-refractivity contribution < 1.29 is 4.74 Å². The number of rotatable bonds is 2. The minimum Gasteiger partial charge on any atom is -0.398 e. The molecule has 1 aliphatic heterocycles. The number of nitrogens with zero attached hydrogens (tertiary/aromatic N) is 3. The van der Waals surface area contributed by atoms with Gasteiger partial charge in [0.05, 0.1) is 30.4 Å². The van der Waals surface area contributed by atoms with Crippen molar-refractivity contribution in [2.45, 2.75) is 25.5 Å². The highest BCUT2D eigenvalue weighted by Gasteiger charge is 2.27. The van der Waals surface area contributed by atoms with E-state index < -0.39 is 0 Å². The van der Waals surface area contributed by atoms with E-state index in [2.05, 4.69) is 21.5 Å². The Morgan fingerprint density at radius 3 is 3.00 bits per heavy atom. The maximum Gasteiger partial charge on any atom is 0.0954 e. The van der Waals surface area contributed by atoms with Gasteiger partial charge in [-0.15, -0.1) is 0 Å². The zero-order valence-electron chi connectivity index (χ0n) is 10.3. The number of hydrogen-bond acceptors (Lipinski definition) is 4. The lowest BCUT2D eigenvalue weighted by molar-refractivity contribution is 0.108. The van der Waals surface area contributed by atoms with Crippen molar-refractivity contribution in [3.63, 3.8) is 0 Å². The largest absolute Gasteiger partial charge is 0.398 e. The van der Waals surface area contributed by atoms with Crippen LogP contribution in [-0.2, 0) is 4.74 Å². The molecule has 2 atom stereocenters. The number of nitrogen functional groups attached to an aromatic ring is 1. The Morgan fingerprint density at radius 1 is 1.39 bits per heavy atom. The third-order valence-electron chi connectivity index (χ3n) is 3.49. The highest BCUT2D eigenvalue weighted by atomic mass is 16.5. The molecule has 0 aliphatic carbocycles. The van der Waals surface area contributed by atoms with E-state index in [0.717, 1.165) is 30.0 Å². The van der Waals surface area contributed by atoms with Crippen LogP contribution < -0.4 is 5.73 Å². The highest BCUT2D eigenvalue weighted by Crippen LogP contribution is 2.32. The molecule has 0 saturated carbocycles. The first kappa shape index (κ1) is 11.2. The number of imidazole rings is 1. The zero-order valence-corrected chi connectivity index (χ0v) is 10.3. The van der Waals surface area contributed by atoms with Crippen LogP contribution in [0, 0.1) is 0 Å². The first-order valence-corrected chi connectivity index (χ1v) is 6.10. The molecule has 1 fully saturated rings. The molecule has 94 valence electrons. The Kier molecular flexibility index (Phi) is 2.76. The fourth-order valence-electron chi connectivity index (χ4n) is 2.48. The van der Waals surface area contributed by atoms with Gasteiger partial charge in [-0.1, -0.05) is 0 Å². The molecule has 5 heteroatoms. The minimum atomic E-state index is 0.204. The molecule has 0 bridgehead atoms. The van der Waals surface area contributed by atoms with Gasteiger partial charge in [-0.25, -0.2) is 4.98 Å². The van der Waals surface area contributed by atoms with Crippen molar-refractivity contribution in [1.29, 1.82) is 0 Å². The Bertz CT molecular complexity index is 551. The number of nitrogens with two attached hydrogens (primary N) is 1. The smallest absolute Gasteiger partial charge is 0.0954 e. The summed E-state index contributed by atoms with van der Waals surface area (Å²) < 4.78 is 7.76. The van der Waals surface area contributed by atoms with Gasteiger partial charge in [0.1, 0.15) is 0 Å². The lowest BCUT2D eigenvalue weighted by Crippen LogP contribution is -2.17. The van der Waals surface area contributed by atoms with Crippen molar-refractivity contribution in [3.8, 4) is 11.3 Å². The summed E-state index contributed by atoms with van der Waals surface area (Å²) >= 11 is 0. The third-order valence-corrected chi connectivity index (χ3v) is 3.49. The fraction of sp³-hybridized carbons (Fsp3) is 0.385. The molecule has 2 aromatic rings. The van der Waals surface area contributed by atoms with Crippen LogP contribution >= 0.6 is 0 Å². The van der Waals surface area contributed by atoms with Gasteiger partial charge >= 0.3 is 0 Å². The molecule has 0 aromatic carbocycles. The Morgan fingerprint density at radius 2 is 2.28 bits per heavy atom. The summed E-state index contributed by atoms with van der Waals surface area (Å²) in [6.07, 6.45) is 8.36. The van der Waals surface area contributed by atoms with Crippen molar-refractivity contribution in [3.05, 3.63) is 31.0 Å². The molecule has 2 aromatic heterocycles. The van der Waals surface area contributed by atoms with Crippen LogP contribution in [0.5, 0.6) is 0 Å². The molecule has 2 N–H and O–H groups in total. The Hall–Kier alpha value is -1.88. The van der Waals surface area contributed by atoms with Crippen molar-refractivity contribution in [2.24, 2.45) is 0 Å². The molecule has 1 saturated heterocycles. The van der Waals surface area contributed by atoms with E-state index in [1.807, 2.05) is 12.5 Å². The summed E-state index contributed by atoms with van der Waals surface area (Å²) in [4.78, 5) is 8.38. The van der Waals surface area contributed by atoms with Crippen molar-refractivity contribution in [2.75, 3.05) is 12.3 Å². The monoisotopic (exact) mass is 244 g/mol. The number of aromatic nitrogens is 3. The minimum absolute atomic E-state index is 0.204. The predicted octanol–water partition coefficient (Wildman–Crippen LogP) is 1.88. The average molecular weight is 244 g/mol. The van der Waals surface area contributed by atoms with E-state index in [1.54, 1.807) is 18.5 Å². The summed E-state index contributed by atoms with van der Waals surface area (Å²) in [5.41, 5.74) is 8.65. The molecule has 5 nitrogen and oxygen atoms in total. The van der Waals surface area contributed by atoms with Crippen LogP contribution in [0.25, 0.3) is 11.3 Å². The second-order valence-corrected chi connectivity index (χ2v) is 4.58. The van der Waals surface area contributed by atoms with Crippen LogP contribution in [0.4, 0.5) is 5.69 Å². The quantitative estimate of drug-likeness (QED) is 0.876. The van der Waals surface area contributed by atoms with E-state index in [9.17, 15) is 0 Å². The average Bonchev–Trinajstić information content (AvgIpc) is 2.98. The molecular formula is C13H16N4O. The van der Waals surface area contributed by atoms with Gasteiger partial charge in [-0.05, 0) is 19.4 Å². The maximum absolute atomic E-state index is 6.00. The number of anilines is 1. The molecule has 0 spiro atoms. The SMILES string of the molecule is CC1OCCC1n1cncc1-c1cnccc1N. The summed E-state index contributed by atoms with van der Waals surface area (Å²) in [5.74, 6) is 0. The molecular weight excluding hydrogens is 228 g/mol. The van der Waals surface area contributed by atoms with Gasteiger partial charge in [-0.2, -0.15) is 0 Å². The van der Waals surface area contributed by atoms with E-state index >= 15 is 0 Å². The van der Waals surface area contributed by atoms with E-state index in [1.165, 1.54) is 0 Å². The summed E-state index contributed by atoms with van der Waals surface area (Å²) in [6, 6.07) is 2.13. The Labute approximate surface area is 106 Å². The lowest BCUT2D eigenvalue weighted by Gasteiger charge is -2.19. The number of ether oxygens (including phenoxy) is 1. The second-order valence-electron chi connectivity index (χ2n) is 4.58. The fourth-order valence-corrected chi connectivity index (χ4v) is 2.48. The van der Waals surface area contributed by atoms with E-state index in [-0.39, 0.29) is 6.10 Å². The van der Waals surface area contributed by atoms with Gasteiger partial charge in [0.25, 0.3) is 0 Å².